The average molecular weight is 540 g/mol. The molecule has 0 aliphatic rings. The van der Waals surface area contributed by atoms with E-state index in [0.29, 0.717) is 0 Å². The largest absolute Gasteiger partial charge is 0.309 e. The third kappa shape index (κ3) is 3.39. The standard InChI is InChI=1S/C40H26N2/c1-2-12-31(13-3-1)41-37-16-8-6-14-33(37)35-25-29(19-22-39(35)41)30-20-23-40-36(26-30)34-15-7-9-17-38(34)42(40)32-21-18-27-10-4-5-11-28(27)24-32/h1-26H/i1D,2D,3D,12D,13D. The molecule has 2 heterocycles. The number of benzene rings is 7. The van der Waals surface area contributed by atoms with Crippen LogP contribution in [0.2, 0.25) is 0 Å². The molecular formula is C40H26N2. The van der Waals surface area contributed by atoms with Gasteiger partial charge in [0.05, 0.1) is 28.9 Å². The van der Waals surface area contributed by atoms with Crippen LogP contribution < -0.4 is 0 Å². The predicted octanol–water partition coefficient (Wildman–Crippen LogP) is 10.7. The van der Waals surface area contributed by atoms with Crippen LogP contribution in [0.25, 0.3) is 76.9 Å². The van der Waals surface area contributed by atoms with Crippen LogP contribution in [-0.2, 0) is 0 Å². The summed E-state index contributed by atoms with van der Waals surface area (Å²) in [6.07, 6.45) is 0. The minimum atomic E-state index is -0.399. The fraction of sp³-hybridized carbons (Fsp3) is 0. The van der Waals surface area contributed by atoms with Gasteiger partial charge in [-0.05, 0) is 82.5 Å². The third-order valence-electron chi connectivity index (χ3n) is 8.38. The van der Waals surface area contributed by atoms with Gasteiger partial charge in [-0.25, -0.2) is 0 Å². The molecule has 2 heteroatoms. The van der Waals surface area contributed by atoms with Crippen molar-refractivity contribution in [2.75, 3.05) is 0 Å². The van der Waals surface area contributed by atoms with Crippen LogP contribution in [0.15, 0.2) is 158 Å². The van der Waals surface area contributed by atoms with Gasteiger partial charge in [0.1, 0.15) is 0 Å². The maximum atomic E-state index is 8.69. The fourth-order valence-corrected chi connectivity index (χ4v) is 6.50. The first kappa shape index (κ1) is 18.7. The molecule has 0 radical (unpaired) electrons. The van der Waals surface area contributed by atoms with Gasteiger partial charge in [0, 0.05) is 32.9 Å². The molecular weight excluding hydrogens is 508 g/mol. The summed E-state index contributed by atoms with van der Waals surface area (Å²) in [4.78, 5) is 0. The molecule has 0 aliphatic heterocycles. The van der Waals surface area contributed by atoms with E-state index >= 15 is 0 Å². The van der Waals surface area contributed by atoms with Crippen molar-refractivity contribution in [2.45, 2.75) is 0 Å². The van der Waals surface area contributed by atoms with Crippen molar-refractivity contribution in [3.8, 4) is 22.5 Å². The van der Waals surface area contributed by atoms with Gasteiger partial charge in [-0.1, -0.05) is 97.0 Å². The molecule has 0 saturated heterocycles. The topological polar surface area (TPSA) is 9.86 Å². The number of nitrogens with zero attached hydrogens (tertiary/aromatic N) is 2. The van der Waals surface area contributed by atoms with Gasteiger partial charge in [-0.2, -0.15) is 0 Å². The zero-order valence-electron chi connectivity index (χ0n) is 27.5. The van der Waals surface area contributed by atoms with Crippen molar-refractivity contribution in [3.05, 3.63) is 158 Å². The molecule has 7 aromatic carbocycles. The smallest absolute Gasteiger partial charge is 0.0645 e. The Morgan fingerprint density at radius 3 is 1.55 bits per heavy atom. The molecule has 0 atom stereocenters. The summed E-state index contributed by atoms with van der Waals surface area (Å²) in [5.41, 5.74) is 7.21. The van der Waals surface area contributed by atoms with Crippen molar-refractivity contribution >= 4 is 54.4 Å². The van der Waals surface area contributed by atoms with Crippen molar-refractivity contribution in [1.82, 2.24) is 9.13 Å². The van der Waals surface area contributed by atoms with Gasteiger partial charge >= 0.3 is 0 Å². The van der Waals surface area contributed by atoms with Crippen LogP contribution in [0.5, 0.6) is 0 Å². The first-order chi connectivity index (χ1) is 22.9. The summed E-state index contributed by atoms with van der Waals surface area (Å²) in [6.45, 7) is 0. The van der Waals surface area contributed by atoms with Crippen LogP contribution in [0.4, 0.5) is 0 Å². The van der Waals surface area contributed by atoms with Gasteiger partial charge in [-0.15, -0.1) is 0 Å². The highest BCUT2D eigenvalue weighted by atomic mass is 15.0. The van der Waals surface area contributed by atoms with Crippen LogP contribution in [0.3, 0.4) is 0 Å². The van der Waals surface area contributed by atoms with E-state index in [-0.39, 0.29) is 29.9 Å². The minimum Gasteiger partial charge on any atom is -0.309 e. The average Bonchev–Trinajstić information content (AvgIpc) is 3.62. The Morgan fingerprint density at radius 2 is 0.905 bits per heavy atom. The molecule has 9 rings (SSSR count). The lowest BCUT2D eigenvalue weighted by Gasteiger charge is -2.10. The van der Waals surface area contributed by atoms with E-state index in [4.69, 9.17) is 6.85 Å². The molecule has 0 spiro atoms. The second-order valence-electron chi connectivity index (χ2n) is 10.7. The van der Waals surface area contributed by atoms with Crippen LogP contribution >= 0.6 is 0 Å². The maximum absolute atomic E-state index is 8.69. The number of rotatable bonds is 3. The first-order valence-electron chi connectivity index (χ1n) is 16.5. The number of hydrogen-bond donors (Lipinski definition) is 0. The van der Waals surface area contributed by atoms with Gasteiger partial charge in [-0.3, -0.25) is 0 Å². The van der Waals surface area contributed by atoms with Gasteiger partial charge < -0.3 is 9.13 Å². The lowest BCUT2D eigenvalue weighted by atomic mass is 10.0. The fourth-order valence-electron chi connectivity index (χ4n) is 6.50. The Bertz CT molecular complexity index is 2730. The zero-order valence-corrected chi connectivity index (χ0v) is 22.5. The lowest BCUT2D eigenvalue weighted by Crippen LogP contribution is -1.93. The number of para-hydroxylation sites is 3. The van der Waals surface area contributed by atoms with E-state index in [1.54, 1.807) is 4.57 Å². The Balaban J connectivity index is 1.26. The van der Waals surface area contributed by atoms with Gasteiger partial charge in [0.25, 0.3) is 0 Å². The van der Waals surface area contributed by atoms with Crippen molar-refractivity contribution in [2.24, 2.45) is 0 Å². The highest BCUT2D eigenvalue weighted by molar-refractivity contribution is 6.12. The van der Waals surface area contributed by atoms with E-state index in [1.807, 2.05) is 30.3 Å². The third-order valence-corrected chi connectivity index (χ3v) is 8.38. The van der Waals surface area contributed by atoms with E-state index in [9.17, 15) is 0 Å². The molecule has 0 amide bonds. The molecule has 2 nitrogen and oxygen atoms in total. The molecule has 0 aliphatic carbocycles. The molecule has 0 unspecified atom stereocenters. The van der Waals surface area contributed by atoms with E-state index in [0.717, 1.165) is 55.0 Å². The molecule has 196 valence electrons. The van der Waals surface area contributed by atoms with Crippen LogP contribution in [0.1, 0.15) is 6.85 Å². The zero-order chi connectivity index (χ0) is 32.0. The molecule has 0 bridgehead atoms. The van der Waals surface area contributed by atoms with Crippen LogP contribution in [0, 0.1) is 0 Å². The van der Waals surface area contributed by atoms with E-state index < -0.39 is 6.04 Å². The van der Waals surface area contributed by atoms with Crippen molar-refractivity contribution < 1.29 is 6.85 Å². The summed E-state index contributed by atoms with van der Waals surface area (Å²) in [7, 11) is 0. The molecule has 42 heavy (non-hydrogen) atoms. The highest BCUT2D eigenvalue weighted by Crippen LogP contribution is 2.38. The number of aromatic nitrogens is 2. The number of hydrogen-bond acceptors (Lipinski definition) is 0. The molecule has 0 N–H and O–H groups in total. The first-order valence-corrected chi connectivity index (χ1v) is 14.0. The van der Waals surface area contributed by atoms with Crippen molar-refractivity contribution in [1.29, 1.82) is 0 Å². The predicted molar refractivity (Wildman–Crippen MR) is 178 cm³/mol. The van der Waals surface area contributed by atoms with Crippen LogP contribution in [-0.4, -0.2) is 9.13 Å². The van der Waals surface area contributed by atoms with E-state index in [1.165, 1.54) is 16.2 Å². The molecule has 9 aromatic rings. The number of fused-ring (bicyclic) bond motifs is 7. The quantitative estimate of drug-likeness (QED) is 0.211. The van der Waals surface area contributed by atoms with Crippen molar-refractivity contribution in [3.63, 3.8) is 0 Å². The monoisotopic (exact) mass is 539 g/mol. The van der Waals surface area contributed by atoms with Gasteiger partial charge in [0.2, 0.25) is 0 Å². The van der Waals surface area contributed by atoms with E-state index in [2.05, 4.69) is 102 Å². The maximum Gasteiger partial charge on any atom is 0.0645 e. The summed E-state index contributed by atoms with van der Waals surface area (Å²) < 4.78 is 46.2. The lowest BCUT2D eigenvalue weighted by molar-refractivity contribution is 1.18. The minimum absolute atomic E-state index is 0.151. The second kappa shape index (κ2) is 8.95. The Morgan fingerprint density at radius 1 is 0.381 bits per heavy atom. The summed E-state index contributed by atoms with van der Waals surface area (Å²) in [5, 5.41) is 6.64. The highest BCUT2D eigenvalue weighted by Gasteiger charge is 2.16. The Hall–Kier alpha value is -5.60. The Kier molecular flexibility index (Phi) is 3.98. The Labute approximate surface area is 250 Å². The van der Waals surface area contributed by atoms with Gasteiger partial charge in [0.15, 0.2) is 0 Å². The summed E-state index contributed by atoms with van der Waals surface area (Å²) in [6, 6.07) is 42.6. The summed E-state index contributed by atoms with van der Waals surface area (Å²) in [5.74, 6) is 0. The molecule has 0 saturated carbocycles. The summed E-state index contributed by atoms with van der Waals surface area (Å²) >= 11 is 0. The molecule has 0 fully saturated rings. The second-order valence-corrected chi connectivity index (χ2v) is 10.7. The molecule has 2 aromatic heterocycles. The normalized spacial score (nSPS) is 13.5. The SMILES string of the molecule is [2H]c1c([2H])c([2H])c(-n2c3ccccc3c3cc(-c4ccc5c(c4)c4ccccc4n5-c4ccc5ccccc5c4)ccc32)c([2H])c1[2H].